The molecule has 4 rings (SSSR count). The predicted octanol–water partition coefficient (Wildman–Crippen LogP) is 3.98. The maximum Gasteiger partial charge on any atom is 0.178 e. The van der Waals surface area contributed by atoms with Crippen molar-refractivity contribution in [1.29, 1.82) is 0 Å². The van der Waals surface area contributed by atoms with Crippen LogP contribution in [0.25, 0.3) is 5.65 Å². The van der Waals surface area contributed by atoms with Crippen molar-refractivity contribution in [3.05, 3.63) is 89.2 Å². The van der Waals surface area contributed by atoms with Gasteiger partial charge in [-0.1, -0.05) is 36.4 Å². The van der Waals surface area contributed by atoms with Gasteiger partial charge >= 0.3 is 0 Å². The summed E-state index contributed by atoms with van der Waals surface area (Å²) < 4.78 is 30.0. The number of aryl methyl sites for hydroxylation is 1. The van der Waals surface area contributed by atoms with E-state index in [2.05, 4.69) is 20.6 Å². The number of aromatic nitrogens is 4. The van der Waals surface area contributed by atoms with Crippen molar-refractivity contribution in [1.82, 2.24) is 19.8 Å². The lowest BCUT2D eigenvalue weighted by Gasteiger charge is -2.20. The van der Waals surface area contributed by atoms with Crippen LogP contribution in [0.4, 0.5) is 14.6 Å². The molecule has 7 heteroatoms. The molecule has 0 radical (unpaired) electrons. The first-order valence-corrected chi connectivity index (χ1v) is 9.02. The molecule has 2 aromatic heterocycles. The van der Waals surface area contributed by atoms with Crippen molar-refractivity contribution in [3.63, 3.8) is 0 Å². The fourth-order valence-electron chi connectivity index (χ4n) is 3.22. The van der Waals surface area contributed by atoms with Crippen molar-refractivity contribution in [2.75, 3.05) is 5.32 Å². The largest absolute Gasteiger partial charge is 0.365 e. The Balaban J connectivity index is 1.63. The van der Waals surface area contributed by atoms with Gasteiger partial charge in [-0.3, -0.25) is 0 Å². The number of anilines is 1. The topological polar surface area (TPSA) is 55.1 Å². The molecule has 142 valence electrons. The van der Waals surface area contributed by atoms with E-state index in [0.29, 0.717) is 41.3 Å². The van der Waals surface area contributed by atoms with Crippen LogP contribution >= 0.6 is 0 Å². The quantitative estimate of drug-likeness (QED) is 0.551. The normalized spacial score (nSPS) is 11.3. The van der Waals surface area contributed by atoms with Crippen LogP contribution in [0.5, 0.6) is 0 Å². The number of nitrogens with zero attached hydrogens (tertiary/aromatic N) is 4. The Labute approximate surface area is 161 Å². The zero-order valence-corrected chi connectivity index (χ0v) is 15.3. The smallest absolute Gasteiger partial charge is 0.178 e. The minimum atomic E-state index is -0.277. The van der Waals surface area contributed by atoms with E-state index in [1.807, 2.05) is 6.92 Å². The lowest BCUT2D eigenvalue weighted by molar-refractivity contribution is 0.576. The summed E-state index contributed by atoms with van der Waals surface area (Å²) >= 11 is 0. The molecule has 0 saturated heterocycles. The van der Waals surface area contributed by atoms with Crippen LogP contribution in [-0.4, -0.2) is 25.9 Å². The van der Waals surface area contributed by atoms with Crippen LogP contribution in [-0.2, 0) is 12.8 Å². The summed E-state index contributed by atoms with van der Waals surface area (Å²) in [5, 5.41) is 15.8. The van der Waals surface area contributed by atoms with Crippen LogP contribution in [0.2, 0.25) is 0 Å². The minimum absolute atomic E-state index is 0.254. The van der Waals surface area contributed by atoms with Gasteiger partial charge in [-0.05, 0) is 55.2 Å². The van der Waals surface area contributed by atoms with E-state index in [4.69, 9.17) is 0 Å². The van der Waals surface area contributed by atoms with Gasteiger partial charge in [-0.25, -0.2) is 8.78 Å². The Hall–Kier alpha value is -3.35. The van der Waals surface area contributed by atoms with Crippen LogP contribution in [0.15, 0.2) is 60.7 Å². The molecule has 0 amide bonds. The van der Waals surface area contributed by atoms with Crippen molar-refractivity contribution in [2.45, 2.75) is 25.8 Å². The third-order valence-corrected chi connectivity index (χ3v) is 4.62. The molecule has 0 bridgehead atoms. The van der Waals surface area contributed by atoms with Crippen molar-refractivity contribution >= 4 is 11.5 Å². The van der Waals surface area contributed by atoms with E-state index in [1.54, 1.807) is 53.0 Å². The van der Waals surface area contributed by atoms with Crippen LogP contribution in [0.1, 0.15) is 17.0 Å². The van der Waals surface area contributed by atoms with E-state index >= 15 is 0 Å². The highest BCUT2D eigenvalue weighted by atomic mass is 19.1. The summed E-state index contributed by atoms with van der Waals surface area (Å²) in [7, 11) is 0. The van der Waals surface area contributed by atoms with Crippen LogP contribution in [0, 0.1) is 18.6 Å². The van der Waals surface area contributed by atoms with Crippen molar-refractivity contribution in [3.8, 4) is 0 Å². The number of halogens is 2. The summed E-state index contributed by atoms with van der Waals surface area (Å²) in [6.45, 7) is 1.81. The standard InChI is InChI=1S/C21H19F2N5/c1-14-25-26-21-11-10-20(27-28(14)21)24-17(12-15-6-2-4-8-18(15)22)13-16-7-3-5-9-19(16)23/h2-11,17H,12-13H2,1H3,(H,24,27). The second-order valence-corrected chi connectivity index (χ2v) is 6.67. The number of fused-ring (bicyclic) bond motifs is 1. The molecule has 0 atom stereocenters. The van der Waals surface area contributed by atoms with Gasteiger partial charge in [0.15, 0.2) is 11.5 Å². The summed E-state index contributed by atoms with van der Waals surface area (Å²) in [6.07, 6.45) is 0.782. The summed E-state index contributed by atoms with van der Waals surface area (Å²) in [5.41, 5.74) is 1.78. The van der Waals surface area contributed by atoms with Gasteiger partial charge in [0.25, 0.3) is 0 Å². The molecule has 0 aliphatic carbocycles. The molecule has 1 N–H and O–H groups in total. The summed E-state index contributed by atoms with van der Waals surface area (Å²) in [5.74, 6) is 0.702. The second kappa shape index (κ2) is 7.72. The third kappa shape index (κ3) is 3.83. The van der Waals surface area contributed by atoms with Crippen LogP contribution in [0.3, 0.4) is 0 Å². The van der Waals surface area contributed by atoms with E-state index in [1.165, 1.54) is 12.1 Å². The van der Waals surface area contributed by atoms with E-state index in [-0.39, 0.29) is 17.7 Å². The molecule has 2 heterocycles. The lowest BCUT2D eigenvalue weighted by atomic mass is 9.98. The zero-order chi connectivity index (χ0) is 19.5. The number of hydrogen-bond donors (Lipinski definition) is 1. The SMILES string of the molecule is Cc1nnc2ccc(NC(Cc3ccccc3F)Cc3ccccc3F)nn12. The highest BCUT2D eigenvalue weighted by molar-refractivity contribution is 5.45. The number of hydrogen-bond acceptors (Lipinski definition) is 4. The minimum Gasteiger partial charge on any atom is -0.365 e. The van der Waals surface area contributed by atoms with Gasteiger partial charge in [-0.2, -0.15) is 4.52 Å². The first kappa shape index (κ1) is 18.0. The van der Waals surface area contributed by atoms with Gasteiger partial charge in [0.1, 0.15) is 17.5 Å². The van der Waals surface area contributed by atoms with Crippen molar-refractivity contribution < 1.29 is 8.78 Å². The monoisotopic (exact) mass is 379 g/mol. The van der Waals surface area contributed by atoms with E-state index in [9.17, 15) is 8.78 Å². The summed E-state index contributed by atoms with van der Waals surface area (Å²) in [4.78, 5) is 0. The molecule has 0 aliphatic heterocycles. The Kier molecular flexibility index (Phi) is 4.97. The first-order valence-electron chi connectivity index (χ1n) is 9.02. The van der Waals surface area contributed by atoms with Gasteiger partial charge in [0, 0.05) is 6.04 Å². The zero-order valence-electron chi connectivity index (χ0n) is 15.3. The van der Waals surface area contributed by atoms with E-state index < -0.39 is 0 Å². The Morgan fingerprint density at radius 3 is 2.07 bits per heavy atom. The Bertz CT molecular complexity index is 1060. The molecule has 5 nitrogen and oxygen atoms in total. The predicted molar refractivity (Wildman–Crippen MR) is 103 cm³/mol. The fourth-order valence-corrected chi connectivity index (χ4v) is 3.22. The highest BCUT2D eigenvalue weighted by Gasteiger charge is 2.16. The average molecular weight is 379 g/mol. The van der Waals surface area contributed by atoms with Crippen molar-refractivity contribution in [2.24, 2.45) is 0 Å². The molecule has 0 unspecified atom stereocenters. The average Bonchev–Trinajstić information content (AvgIpc) is 3.06. The van der Waals surface area contributed by atoms with Crippen LogP contribution < -0.4 is 5.32 Å². The molecular weight excluding hydrogens is 360 g/mol. The summed E-state index contributed by atoms with van der Waals surface area (Å²) in [6, 6.07) is 16.6. The van der Waals surface area contributed by atoms with Gasteiger partial charge in [0.05, 0.1) is 0 Å². The van der Waals surface area contributed by atoms with Gasteiger partial charge in [0.2, 0.25) is 0 Å². The maximum absolute atomic E-state index is 14.2. The number of benzene rings is 2. The molecule has 0 fully saturated rings. The lowest BCUT2D eigenvalue weighted by Crippen LogP contribution is -2.27. The van der Waals surface area contributed by atoms with Gasteiger partial charge in [-0.15, -0.1) is 15.3 Å². The molecule has 0 spiro atoms. The molecule has 0 saturated carbocycles. The molecular formula is C21H19F2N5. The molecule has 4 aromatic rings. The highest BCUT2D eigenvalue weighted by Crippen LogP contribution is 2.18. The van der Waals surface area contributed by atoms with E-state index in [0.717, 1.165) is 0 Å². The molecule has 0 aliphatic rings. The molecule has 2 aromatic carbocycles. The Morgan fingerprint density at radius 1 is 0.857 bits per heavy atom. The second-order valence-electron chi connectivity index (χ2n) is 6.67. The number of nitrogens with one attached hydrogen (secondary N) is 1. The third-order valence-electron chi connectivity index (χ3n) is 4.62. The molecule has 28 heavy (non-hydrogen) atoms. The Morgan fingerprint density at radius 2 is 1.46 bits per heavy atom. The number of rotatable bonds is 6. The van der Waals surface area contributed by atoms with Gasteiger partial charge < -0.3 is 5.32 Å². The fraction of sp³-hybridized carbons (Fsp3) is 0.190. The maximum atomic E-state index is 14.2. The first-order chi connectivity index (χ1) is 13.6.